The van der Waals surface area contributed by atoms with Crippen molar-refractivity contribution in [2.24, 2.45) is 4.99 Å². The summed E-state index contributed by atoms with van der Waals surface area (Å²) in [5, 5.41) is 6.49. The summed E-state index contributed by atoms with van der Waals surface area (Å²) in [6.45, 7) is 9.71. The van der Waals surface area contributed by atoms with Gasteiger partial charge in [-0.1, -0.05) is 19.1 Å². The molecule has 0 heterocycles. The highest BCUT2D eigenvalue weighted by atomic mass is 127. The monoisotopic (exact) mass is 556 g/mol. The molecule has 10 heteroatoms. The van der Waals surface area contributed by atoms with Crippen LogP contribution in [-0.2, 0) is 21.3 Å². The van der Waals surface area contributed by atoms with Crippen LogP contribution in [0.25, 0.3) is 0 Å². The van der Waals surface area contributed by atoms with Crippen LogP contribution in [-0.4, -0.2) is 71.4 Å². The van der Waals surface area contributed by atoms with Crippen molar-refractivity contribution in [1.29, 1.82) is 0 Å². The van der Waals surface area contributed by atoms with E-state index >= 15 is 0 Å². The van der Waals surface area contributed by atoms with Crippen molar-refractivity contribution in [1.82, 2.24) is 14.9 Å². The first-order chi connectivity index (χ1) is 13.8. The first-order valence-electron chi connectivity index (χ1n) is 10.0. The Kier molecular flexibility index (Phi) is 15.1. The summed E-state index contributed by atoms with van der Waals surface area (Å²) in [5.41, 5.74) is 2.17. The summed E-state index contributed by atoms with van der Waals surface area (Å²) in [6.07, 6.45) is 1.93. The lowest BCUT2D eigenvalue weighted by molar-refractivity contribution is 0.110. The predicted molar refractivity (Wildman–Crippen MR) is 133 cm³/mol. The average molecular weight is 557 g/mol. The van der Waals surface area contributed by atoms with Gasteiger partial charge in [-0.2, -0.15) is 0 Å². The van der Waals surface area contributed by atoms with Crippen LogP contribution < -0.4 is 15.4 Å². The molecule has 174 valence electrons. The third-order valence-electron chi connectivity index (χ3n) is 4.28. The quantitative estimate of drug-likeness (QED) is 0.168. The van der Waals surface area contributed by atoms with Crippen molar-refractivity contribution in [2.75, 3.05) is 52.8 Å². The van der Waals surface area contributed by atoms with Crippen LogP contribution in [0.15, 0.2) is 23.2 Å². The molecule has 0 saturated carbocycles. The van der Waals surface area contributed by atoms with E-state index in [0.29, 0.717) is 58.4 Å². The van der Waals surface area contributed by atoms with E-state index in [1.54, 1.807) is 7.05 Å². The van der Waals surface area contributed by atoms with E-state index in [1.165, 1.54) is 10.6 Å². The Morgan fingerprint density at radius 2 is 1.93 bits per heavy atom. The van der Waals surface area contributed by atoms with Crippen LogP contribution in [0.3, 0.4) is 0 Å². The van der Waals surface area contributed by atoms with Gasteiger partial charge in [0.15, 0.2) is 5.96 Å². The Hall–Kier alpha value is -1.11. The molecule has 0 fully saturated rings. The average Bonchev–Trinajstić information content (AvgIpc) is 2.67. The second-order valence-electron chi connectivity index (χ2n) is 6.62. The zero-order valence-corrected chi connectivity index (χ0v) is 21.9. The lowest BCUT2D eigenvalue weighted by Crippen LogP contribution is -2.39. The highest BCUT2D eigenvalue weighted by Gasteiger charge is 2.13. The summed E-state index contributed by atoms with van der Waals surface area (Å²) < 4.78 is 35.9. The molecule has 30 heavy (non-hydrogen) atoms. The maximum Gasteiger partial charge on any atom is 0.211 e. The summed E-state index contributed by atoms with van der Waals surface area (Å²) in [6, 6.07) is 6.10. The molecular weight excluding hydrogens is 519 g/mol. The van der Waals surface area contributed by atoms with Gasteiger partial charge in [0.05, 0.1) is 12.9 Å². The number of nitrogens with zero attached hydrogens (tertiary/aromatic N) is 2. The number of rotatable bonds is 13. The van der Waals surface area contributed by atoms with Crippen LogP contribution in [0.2, 0.25) is 0 Å². The van der Waals surface area contributed by atoms with Gasteiger partial charge >= 0.3 is 0 Å². The second kappa shape index (κ2) is 15.7. The molecular formula is C20H37IN4O4S. The second-order valence-corrected chi connectivity index (χ2v) is 8.60. The van der Waals surface area contributed by atoms with Crippen molar-refractivity contribution < 1.29 is 17.9 Å². The first-order valence-corrected chi connectivity index (χ1v) is 11.9. The number of ether oxygens (including phenoxy) is 2. The lowest BCUT2D eigenvalue weighted by Gasteiger charge is -2.18. The molecule has 0 unspecified atom stereocenters. The number of aliphatic imine (C=N–C) groups is 1. The number of aryl methyl sites for hydroxylation is 1. The summed E-state index contributed by atoms with van der Waals surface area (Å²) in [5.74, 6) is 1.49. The maximum atomic E-state index is 11.6. The fraction of sp³-hybridized carbons (Fsp3) is 0.650. The molecule has 2 N–H and O–H groups in total. The van der Waals surface area contributed by atoms with E-state index in [9.17, 15) is 8.42 Å². The molecule has 1 aromatic carbocycles. The normalized spacial score (nSPS) is 11.9. The van der Waals surface area contributed by atoms with Crippen molar-refractivity contribution in [2.45, 2.75) is 33.7 Å². The minimum absolute atomic E-state index is 0. The molecule has 0 atom stereocenters. The SMILES string of the molecule is CCOCCOc1cc(C)ccc1CNC(=NC)NCCCN(CC)S(C)(=O)=O.I. The zero-order valence-electron chi connectivity index (χ0n) is 18.7. The van der Waals surface area contributed by atoms with Crippen molar-refractivity contribution in [3.63, 3.8) is 0 Å². The molecule has 0 spiro atoms. The number of sulfonamides is 1. The Bertz CT molecular complexity index is 744. The van der Waals surface area contributed by atoms with Gasteiger partial charge in [0.25, 0.3) is 0 Å². The van der Waals surface area contributed by atoms with Gasteiger partial charge in [-0.15, -0.1) is 24.0 Å². The van der Waals surface area contributed by atoms with Crippen LogP contribution in [0.4, 0.5) is 0 Å². The van der Waals surface area contributed by atoms with Gasteiger partial charge < -0.3 is 20.1 Å². The van der Waals surface area contributed by atoms with E-state index in [-0.39, 0.29) is 24.0 Å². The molecule has 0 amide bonds. The van der Waals surface area contributed by atoms with Gasteiger partial charge in [-0.05, 0) is 31.9 Å². The maximum absolute atomic E-state index is 11.6. The minimum Gasteiger partial charge on any atom is -0.491 e. The van der Waals surface area contributed by atoms with Crippen LogP contribution in [0, 0.1) is 6.92 Å². The van der Waals surface area contributed by atoms with Gasteiger partial charge in [-0.25, -0.2) is 12.7 Å². The molecule has 0 saturated heterocycles. The molecule has 0 aliphatic rings. The summed E-state index contributed by atoms with van der Waals surface area (Å²) >= 11 is 0. The number of benzene rings is 1. The van der Waals surface area contributed by atoms with Gasteiger partial charge in [0, 0.05) is 45.4 Å². The zero-order chi connectivity index (χ0) is 21.7. The molecule has 0 aromatic heterocycles. The van der Waals surface area contributed by atoms with Crippen LogP contribution in [0.5, 0.6) is 5.75 Å². The van der Waals surface area contributed by atoms with Crippen LogP contribution >= 0.6 is 24.0 Å². The fourth-order valence-corrected chi connectivity index (χ4v) is 3.65. The largest absolute Gasteiger partial charge is 0.491 e. The molecule has 1 rings (SSSR count). The highest BCUT2D eigenvalue weighted by Crippen LogP contribution is 2.20. The van der Waals surface area contributed by atoms with Crippen molar-refractivity contribution in [3.05, 3.63) is 29.3 Å². The minimum atomic E-state index is -3.15. The lowest BCUT2D eigenvalue weighted by atomic mass is 10.1. The van der Waals surface area contributed by atoms with Crippen molar-refractivity contribution in [3.8, 4) is 5.75 Å². The van der Waals surface area contributed by atoms with Crippen LogP contribution in [0.1, 0.15) is 31.4 Å². The summed E-state index contributed by atoms with van der Waals surface area (Å²) in [7, 11) is -1.44. The Morgan fingerprint density at radius 3 is 2.53 bits per heavy atom. The number of halogens is 1. The molecule has 0 aliphatic carbocycles. The molecule has 0 bridgehead atoms. The third kappa shape index (κ3) is 11.3. The van der Waals surface area contributed by atoms with Gasteiger partial charge in [-0.3, -0.25) is 4.99 Å². The number of guanidine groups is 1. The number of hydrogen-bond donors (Lipinski definition) is 2. The highest BCUT2D eigenvalue weighted by molar-refractivity contribution is 14.0. The summed E-state index contributed by atoms with van der Waals surface area (Å²) in [4.78, 5) is 4.22. The number of nitrogens with one attached hydrogen (secondary N) is 2. The van der Waals surface area contributed by atoms with E-state index in [4.69, 9.17) is 9.47 Å². The van der Waals surface area contributed by atoms with Gasteiger partial charge in [0.2, 0.25) is 10.0 Å². The molecule has 0 radical (unpaired) electrons. The van der Waals surface area contributed by atoms with E-state index in [1.807, 2.05) is 39.0 Å². The Morgan fingerprint density at radius 1 is 1.20 bits per heavy atom. The van der Waals surface area contributed by atoms with E-state index in [2.05, 4.69) is 15.6 Å². The third-order valence-corrected chi connectivity index (χ3v) is 5.66. The van der Waals surface area contributed by atoms with Gasteiger partial charge in [0.1, 0.15) is 12.4 Å². The Balaban J connectivity index is 0.00000841. The number of hydrogen-bond acceptors (Lipinski definition) is 5. The Labute approximate surface area is 198 Å². The fourth-order valence-electron chi connectivity index (χ4n) is 2.72. The van der Waals surface area contributed by atoms with E-state index in [0.717, 1.165) is 16.9 Å². The van der Waals surface area contributed by atoms with Crippen molar-refractivity contribution >= 4 is 40.0 Å². The molecule has 8 nitrogen and oxygen atoms in total. The smallest absolute Gasteiger partial charge is 0.211 e. The molecule has 0 aliphatic heterocycles. The predicted octanol–water partition coefficient (Wildman–Crippen LogP) is 2.36. The topological polar surface area (TPSA) is 92.3 Å². The first kappa shape index (κ1) is 28.9. The van der Waals surface area contributed by atoms with E-state index < -0.39 is 10.0 Å². The standard InChI is InChI=1S/C20H36N4O4S.HI/c1-6-24(29(5,25)26)12-8-11-22-20(21-4)23-16-18-10-9-17(3)15-19(18)28-14-13-27-7-2;/h9-10,15H,6-8,11-14,16H2,1-5H3,(H2,21,22,23);1H. The molecule has 1 aromatic rings.